The molecule has 0 rings (SSSR count). The molecule has 0 aromatic heterocycles. The third kappa shape index (κ3) is 13.6. The molecule has 0 saturated heterocycles. The van der Waals surface area contributed by atoms with Gasteiger partial charge in [-0.05, 0) is 13.0 Å². The normalized spacial score (nSPS) is 12.0. The summed E-state index contributed by atoms with van der Waals surface area (Å²) in [5, 5.41) is 0. The molecule has 0 saturated carbocycles. The van der Waals surface area contributed by atoms with E-state index in [2.05, 4.69) is 20.4 Å². The Labute approximate surface area is 136 Å². The van der Waals surface area contributed by atoms with Crippen molar-refractivity contribution in [2.45, 2.75) is 116 Å². The zero-order valence-corrected chi connectivity index (χ0v) is 16.4. The number of hydrogen-bond acceptors (Lipinski definition) is 1. The molecule has 0 amide bonds. The van der Waals surface area contributed by atoms with Crippen molar-refractivity contribution in [1.82, 2.24) is 0 Å². The average Bonchev–Trinajstić information content (AvgIpc) is 2.48. The quantitative estimate of drug-likeness (QED) is 0.248. The van der Waals surface area contributed by atoms with Crippen molar-refractivity contribution < 1.29 is 0 Å². The van der Waals surface area contributed by atoms with Crippen molar-refractivity contribution in [2.24, 2.45) is 5.73 Å². The highest BCUT2D eigenvalue weighted by atomic mass is 28.3. The van der Waals surface area contributed by atoms with Crippen molar-refractivity contribution in [3.63, 3.8) is 0 Å². The maximum absolute atomic E-state index is 5.59. The molecule has 0 spiro atoms. The van der Waals surface area contributed by atoms with E-state index in [1.807, 2.05) is 0 Å². The average molecular weight is 314 g/mol. The minimum absolute atomic E-state index is 0.878. The summed E-state index contributed by atoms with van der Waals surface area (Å²) in [6.07, 6.45) is 17.1. The standard InChI is InChI=1S/C19H43NSi/c1-4-6-8-13-17-21(3,18-14-9-7-5-2)19-15-11-10-12-16-20/h4-20H2,1-3H3. The molecule has 0 heterocycles. The van der Waals surface area contributed by atoms with Gasteiger partial charge in [0.1, 0.15) is 0 Å². The van der Waals surface area contributed by atoms with Crippen LogP contribution in [0.2, 0.25) is 24.7 Å². The highest BCUT2D eigenvalue weighted by Crippen LogP contribution is 2.29. The van der Waals surface area contributed by atoms with E-state index in [0.29, 0.717) is 0 Å². The Hall–Kier alpha value is 0.177. The zero-order valence-electron chi connectivity index (χ0n) is 15.4. The number of hydrogen-bond donors (Lipinski definition) is 1. The molecule has 128 valence electrons. The third-order valence-corrected chi connectivity index (χ3v) is 9.68. The number of unbranched alkanes of at least 4 members (excludes halogenated alkanes) is 9. The van der Waals surface area contributed by atoms with E-state index in [4.69, 9.17) is 5.73 Å². The lowest BCUT2D eigenvalue weighted by Gasteiger charge is -2.28. The third-order valence-electron chi connectivity index (χ3n) is 5.00. The van der Waals surface area contributed by atoms with Crippen LogP contribution in [0, 0.1) is 0 Å². The summed E-state index contributed by atoms with van der Waals surface area (Å²) in [4.78, 5) is 0. The highest BCUT2D eigenvalue weighted by molar-refractivity contribution is 6.78. The SMILES string of the molecule is CCCCCC[Si](C)(CCCCCC)CCCCCCN. The highest BCUT2D eigenvalue weighted by Gasteiger charge is 2.25. The lowest BCUT2D eigenvalue weighted by atomic mass is 10.2. The van der Waals surface area contributed by atoms with E-state index in [-0.39, 0.29) is 0 Å². The Morgan fingerprint density at radius 3 is 1.33 bits per heavy atom. The molecule has 2 heteroatoms. The van der Waals surface area contributed by atoms with Crippen LogP contribution >= 0.6 is 0 Å². The lowest BCUT2D eigenvalue weighted by molar-refractivity contribution is 0.655. The number of rotatable bonds is 16. The minimum Gasteiger partial charge on any atom is -0.330 e. The second-order valence-electron chi connectivity index (χ2n) is 7.38. The molecule has 0 aliphatic rings. The summed E-state index contributed by atoms with van der Waals surface area (Å²) in [5.74, 6) is 0. The van der Waals surface area contributed by atoms with Gasteiger partial charge in [-0.2, -0.15) is 0 Å². The van der Waals surface area contributed by atoms with Crippen LogP contribution in [0.25, 0.3) is 0 Å². The first-order valence-corrected chi connectivity index (χ1v) is 13.0. The monoisotopic (exact) mass is 313 g/mol. The van der Waals surface area contributed by atoms with E-state index in [9.17, 15) is 0 Å². The van der Waals surface area contributed by atoms with Gasteiger partial charge in [-0.25, -0.2) is 0 Å². The summed E-state index contributed by atoms with van der Waals surface area (Å²) in [5.41, 5.74) is 5.59. The van der Waals surface area contributed by atoms with Gasteiger partial charge in [0.05, 0.1) is 8.07 Å². The molecule has 2 N–H and O–H groups in total. The Morgan fingerprint density at radius 2 is 0.952 bits per heavy atom. The molecule has 0 bridgehead atoms. The summed E-state index contributed by atoms with van der Waals surface area (Å²) in [7, 11) is -0.941. The van der Waals surface area contributed by atoms with Crippen molar-refractivity contribution in [3.05, 3.63) is 0 Å². The summed E-state index contributed by atoms with van der Waals surface area (Å²) in [6, 6.07) is 4.77. The maximum atomic E-state index is 5.59. The van der Waals surface area contributed by atoms with Crippen LogP contribution in [0.4, 0.5) is 0 Å². The number of nitrogens with two attached hydrogens (primary N) is 1. The van der Waals surface area contributed by atoms with Gasteiger partial charge in [0.25, 0.3) is 0 Å². The fourth-order valence-corrected chi connectivity index (χ4v) is 7.44. The molecule has 0 atom stereocenters. The van der Waals surface area contributed by atoms with Gasteiger partial charge >= 0.3 is 0 Å². The molecule has 0 aromatic rings. The molecule has 0 aromatic carbocycles. The molecule has 0 unspecified atom stereocenters. The first kappa shape index (κ1) is 21.2. The topological polar surface area (TPSA) is 26.0 Å². The first-order chi connectivity index (χ1) is 10.2. The summed E-state index contributed by atoms with van der Waals surface area (Å²) < 4.78 is 0. The largest absolute Gasteiger partial charge is 0.330 e. The van der Waals surface area contributed by atoms with Crippen LogP contribution in [-0.4, -0.2) is 14.6 Å². The zero-order chi connectivity index (χ0) is 15.8. The van der Waals surface area contributed by atoms with Gasteiger partial charge in [-0.3, -0.25) is 0 Å². The van der Waals surface area contributed by atoms with Crippen molar-refractivity contribution >= 4 is 8.07 Å². The Bertz CT molecular complexity index is 194. The Balaban J connectivity index is 3.98. The van der Waals surface area contributed by atoms with Crippen LogP contribution in [0.1, 0.15) is 90.9 Å². The van der Waals surface area contributed by atoms with Gasteiger partial charge in [-0.15, -0.1) is 0 Å². The Kier molecular flexibility index (Phi) is 15.2. The molecule has 1 nitrogen and oxygen atoms in total. The van der Waals surface area contributed by atoms with Crippen molar-refractivity contribution in [3.8, 4) is 0 Å². The van der Waals surface area contributed by atoms with Crippen molar-refractivity contribution in [2.75, 3.05) is 6.54 Å². The van der Waals surface area contributed by atoms with Crippen LogP contribution < -0.4 is 5.73 Å². The van der Waals surface area contributed by atoms with Gasteiger partial charge in [0, 0.05) is 0 Å². The predicted octanol–water partition coefficient (Wildman–Crippen LogP) is 6.74. The predicted molar refractivity (Wildman–Crippen MR) is 102 cm³/mol. The first-order valence-electron chi connectivity index (χ1n) is 9.88. The smallest absolute Gasteiger partial charge is 0.0504 e. The van der Waals surface area contributed by atoms with Crippen LogP contribution in [-0.2, 0) is 0 Å². The second kappa shape index (κ2) is 15.1. The summed E-state index contributed by atoms with van der Waals surface area (Å²) in [6.45, 7) is 8.22. The molecule has 0 fully saturated rings. The maximum Gasteiger partial charge on any atom is 0.0504 e. The lowest BCUT2D eigenvalue weighted by Crippen LogP contribution is -2.29. The van der Waals surface area contributed by atoms with Crippen LogP contribution in [0.5, 0.6) is 0 Å². The van der Waals surface area contributed by atoms with E-state index < -0.39 is 8.07 Å². The molecular formula is C19H43NSi. The van der Waals surface area contributed by atoms with E-state index >= 15 is 0 Å². The van der Waals surface area contributed by atoms with E-state index in [1.165, 1.54) is 77.0 Å². The molecular weight excluding hydrogens is 270 g/mol. The van der Waals surface area contributed by atoms with E-state index in [1.54, 1.807) is 18.1 Å². The van der Waals surface area contributed by atoms with Gasteiger partial charge in [-0.1, -0.05) is 109 Å². The molecule has 21 heavy (non-hydrogen) atoms. The summed E-state index contributed by atoms with van der Waals surface area (Å²) >= 11 is 0. The minimum atomic E-state index is -0.941. The molecule has 0 aliphatic carbocycles. The molecule has 0 aliphatic heterocycles. The second-order valence-corrected chi connectivity index (χ2v) is 12.5. The van der Waals surface area contributed by atoms with Gasteiger partial charge in [0.2, 0.25) is 0 Å². The van der Waals surface area contributed by atoms with Gasteiger partial charge < -0.3 is 5.73 Å². The Morgan fingerprint density at radius 1 is 0.571 bits per heavy atom. The fraction of sp³-hybridized carbons (Fsp3) is 1.00. The van der Waals surface area contributed by atoms with Gasteiger partial charge in [0.15, 0.2) is 0 Å². The van der Waals surface area contributed by atoms with Crippen LogP contribution in [0.15, 0.2) is 0 Å². The molecule has 0 radical (unpaired) electrons. The van der Waals surface area contributed by atoms with E-state index in [0.717, 1.165) is 6.54 Å². The van der Waals surface area contributed by atoms with Crippen LogP contribution in [0.3, 0.4) is 0 Å². The van der Waals surface area contributed by atoms with Crippen molar-refractivity contribution in [1.29, 1.82) is 0 Å². The fourth-order valence-electron chi connectivity index (χ4n) is 3.38.